The number of piperidine rings is 1. The molecule has 2 aliphatic rings. The van der Waals surface area contributed by atoms with E-state index in [1.54, 1.807) is 0 Å². The zero-order chi connectivity index (χ0) is 21.9. The molecule has 2 aromatic heterocycles. The maximum Gasteiger partial charge on any atom is 0.227 e. The Morgan fingerprint density at radius 1 is 1.09 bits per heavy atom. The number of aromatic amines is 1. The predicted octanol–water partition coefficient (Wildman–Crippen LogP) is 3.72. The number of anilines is 1. The Kier molecular flexibility index (Phi) is 5.88. The van der Waals surface area contributed by atoms with Crippen LogP contribution in [-0.4, -0.2) is 57.2 Å². The van der Waals surface area contributed by atoms with Crippen LogP contribution in [-0.2, 0) is 11.2 Å². The van der Waals surface area contributed by atoms with Gasteiger partial charge in [0.15, 0.2) is 0 Å². The monoisotopic (exact) mass is 430 g/mol. The van der Waals surface area contributed by atoms with Gasteiger partial charge in [0.2, 0.25) is 11.9 Å². The minimum absolute atomic E-state index is 0.193. The number of likely N-dealkylation sites (tertiary alicyclic amines) is 1. The number of H-pyrrole nitrogens is 1. The molecule has 0 aliphatic carbocycles. The molecule has 0 spiro atoms. The van der Waals surface area contributed by atoms with E-state index in [1.165, 1.54) is 18.4 Å². The summed E-state index contributed by atoms with van der Waals surface area (Å²) in [4.78, 5) is 26.6. The van der Waals surface area contributed by atoms with E-state index in [2.05, 4.69) is 51.3 Å². The lowest BCUT2D eigenvalue weighted by atomic mass is 9.91. The summed E-state index contributed by atoms with van der Waals surface area (Å²) in [7, 11) is 0. The summed E-state index contributed by atoms with van der Waals surface area (Å²) in [5.41, 5.74) is 5.27. The first-order valence-corrected chi connectivity index (χ1v) is 11.6. The summed E-state index contributed by atoms with van der Waals surface area (Å²) in [6.07, 6.45) is 8.56. The standard InChI is InChI=1S/C25H30N6O/c1-18-6-8-19(9-7-18)15-23(32)31-14-4-5-20(17-31)24-21(16-27-29-24)22-10-11-26-25(28-22)30-12-2-3-13-30/h6-11,16,20H,2-5,12-15,17H2,1H3,(H,27,29)/t20-/m1/s1. The van der Waals surface area contributed by atoms with Crippen LogP contribution in [0.2, 0.25) is 0 Å². The average molecular weight is 431 g/mol. The minimum atomic E-state index is 0.193. The minimum Gasteiger partial charge on any atom is -0.342 e. The molecular formula is C25H30N6O. The summed E-state index contributed by atoms with van der Waals surface area (Å²) in [6.45, 7) is 5.63. The number of carbonyl (C=O) groups is 1. The average Bonchev–Trinajstić information content (AvgIpc) is 3.53. The van der Waals surface area contributed by atoms with Gasteiger partial charge >= 0.3 is 0 Å². The van der Waals surface area contributed by atoms with E-state index >= 15 is 0 Å². The number of hydrogen-bond acceptors (Lipinski definition) is 5. The Bertz CT molecular complexity index is 1070. The van der Waals surface area contributed by atoms with Gasteiger partial charge in [-0.05, 0) is 44.2 Å². The molecule has 2 saturated heterocycles. The highest BCUT2D eigenvalue weighted by molar-refractivity contribution is 5.79. The number of nitrogens with one attached hydrogen (secondary N) is 1. The molecule has 1 aromatic carbocycles. The summed E-state index contributed by atoms with van der Waals surface area (Å²) in [5, 5.41) is 7.56. The van der Waals surface area contributed by atoms with Gasteiger partial charge in [-0.2, -0.15) is 5.10 Å². The molecule has 0 bridgehead atoms. The van der Waals surface area contributed by atoms with Crippen LogP contribution in [0, 0.1) is 6.92 Å². The second-order valence-electron chi connectivity index (χ2n) is 8.97. The molecule has 2 fully saturated rings. The predicted molar refractivity (Wildman–Crippen MR) is 124 cm³/mol. The van der Waals surface area contributed by atoms with Crippen molar-refractivity contribution in [3.63, 3.8) is 0 Å². The van der Waals surface area contributed by atoms with Crippen molar-refractivity contribution in [1.82, 2.24) is 25.1 Å². The number of carbonyl (C=O) groups excluding carboxylic acids is 1. The van der Waals surface area contributed by atoms with Gasteiger partial charge in [0.05, 0.1) is 18.3 Å². The van der Waals surface area contributed by atoms with E-state index in [1.807, 2.05) is 23.4 Å². The summed E-state index contributed by atoms with van der Waals surface area (Å²) in [5.74, 6) is 1.22. The van der Waals surface area contributed by atoms with Crippen molar-refractivity contribution in [3.05, 3.63) is 59.5 Å². The summed E-state index contributed by atoms with van der Waals surface area (Å²) >= 11 is 0. The van der Waals surface area contributed by atoms with Crippen molar-refractivity contribution >= 4 is 11.9 Å². The quantitative estimate of drug-likeness (QED) is 0.667. The van der Waals surface area contributed by atoms with Crippen molar-refractivity contribution in [2.45, 2.75) is 44.9 Å². The summed E-state index contributed by atoms with van der Waals surface area (Å²) in [6, 6.07) is 10.2. The molecule has 7 heteroatoms. The highest BCUT2D eigenvalue weighted by atomic mass is 16.2. The fourth-order valence-electron chi connectivity index (χ4n) is 4.81. The van der Waals surface area contributed by atoms with Crippen LogP contribution in [0.25, 0.3) is 11.3 Å². The van der Waals surface area contributed by atoms with Gasteiger partial charge in [0.25, 0.3) is 0 Å². The second-order valence-corrected chi connectivity index (χ2v) is 8.97. The fourth-order valence-corrected chi connectivity index (χ4v) is 4.81. The third-order valence-electron chi connectivity index (χ3n) is 6.63. The van der Waals surface area contributed by atoms with Crippen molar-refractivity contribution in [1.29, 1.82) is 0 Å². The highest BCUT2D eigenvalue weighted by Gasteiger charge is 2.28. The molecule has 32 heavy (non-hydrogen) atoms. The first-order chi connectivity index (χ1) is 15.7. The fraction of sp³-hybridized carbons (Fsp3) is 0.440. The maximum absolute atomic E-state index is 13.0. The zero-order valence-corrected chi connectivity index (χ0v) is 18.6. The van der Waals surface area contributed by atoms with Crippen LogP contribution >= 0.6 is 0 Å². The van der Waals surface area contributed by atoms with Crippen LogP contribution in [0.4, 0.5) is 5.95 Å². The van der Waals surface area contributed by atoms with E-state index in [0.29, 0.717) is 13.0 Å². The van der Waals surface area contributed by atoms with E-state index in [4.69, 9.17) is 4.98 Å². The maximum atomic E-state index is 13.0. The number of aromatic nitrogens is 4. The first kappa shape index (κ1) is 20.7. The molecule has 7 nitrogen and oxygen atoms in total. The van der Waals surface area contributed by atoms with Crippen molar-refractivity contribution in [2.24, 2.45) is 0 Å². The molecule has 1 amide bonds. The highest BCUT2D eigenvalue weighted by Crippen LogP contribution is 2.33. The number of hydrogen-bond donors (Lipinski definition) is 1. The molecule has 1 atom stereocenters. The van der Waals surface area contributed by atoms with Gasteiger partial charge in [-0.1, -0.05) is 29.8 Å². The van der Waals surface area contributed by atoms with E-state index in [-0.39, 0.29) is 11.8 Å². The molecule has 3 aromatic rings. The van der Waals surface area contributed by atoms with E-state index in [0.717, 1.165) is 60.9 Å². The van der Waals surface area contributed by atoms with Crippen molar-refractivity contribution in [3.8, 4) is 11.3 Å². The number of rotatable bonds is 5. The Balaban J connectivity index is 1.32. The normalized spacial score (nSPS) is 18.8. The topological polar surface area (TPSA) is 78.0 Å². The van der Waals surface area contributed by atoms with Crippen LogP contribution in [0.3, 0.4) is 0 Å². The largest absolute Gasteiger partial charge is 0.342 e. The molecule has 0 unspecified atom stereocenters. The van der Waals surface area contributed by atoms with Crippen molar-refractivity contribution < 1.29 is 4.79 Å². The number of benzene rings is 1. The summed E-state index contributed by atoms with van der Waals surface area (Å²) < 4.78 is 0. The lowest BCUT2D eigenvalue weighted by molar-refractivity contribution is -0.131. The lowest BCUT2D eigenvalue weighted by Gasteiger charge is -2.33. The SMILES string of the molecule is Cc1ccc(CC(=O)N2CCC[C@@H](c3[nH]ncc3-c3ccnc(N4CCCC4)n3)C2)cc1. The van der Waals surface area contributed by atoms with Crippen LogP contribution in [0.5, 0.6) is 0 Å². The van der Waals surface area contributed by atoms with Gasteiger partial charge in [-0.25, -0.2) is 9.97 Å². The third-order valence-corrected chi connectivity index (χ3v) is 6.63. The zero-order valence-electron chi connectivity index (χ0n) is 18.6. The molecular weight excluding hydrogens is 400 g/mol. The Morgan fingerprint density at radius 2 is 1.91 bits per heavy atom. The Hall–Kier alpha value is -3.22. The molecule has 4 heterocycles. The molecule has 0 saturated carbocycles. The number of aryl methyl sites for hydroxylation is 1. The molecule has 2 aliphatic heterocycles. The second kappa shape index (κ2) is 9.10. The van der Waals surface area contributed by atoms with Gasteiger partial charge in [0.1, 0.15) is 0 Å². The van der Waals surface area contributed by atoms with E-state index in [9.17, 15) is 4.79 Å². The molecule has 0 radical (unpaired) electrons. The lowest BCUT2D eigenvalue weighted by Crippen LogP contribution is -2.40. The number of nitrogens with zero attached hydrogens (tertiary/aromatic N) is 5. The van der Waals surface area contributed by atoms with Crippen LogP contribution in [0.1, 0.15) is 48.4 Å². The number of amides is 1. The van der Waals surface area contributed by atoms with Gasteiger partial charge in [-0.15, -0.1) is 0 Å². The van der Waals surface area contributed by atoms with Gasteiger partial charge in [0, 0.05) is 49.6 Å². The van der Waals surface area contributed by atoms with Crippen LogP contribution < -0.4 is 4.90 Å². The van der Waals surface area contributed by atoms with Crippen LogP contribution in [0.15, 0.2) is 42.7 Å². The smallest absolute Gasteiger partial charge is 0.227 e. The molecule has 166 valence electrons. The van der Waals surface area contributed by atoms with Crippen molar-refractivity contribution in [2.75, 3.05) is 31.1 Å². The van der Waals surface area contributed by atoms with Gasteiger partial charge < -0.3 is 9.80 Å². The first-order valence-electron chi connectivity index (χ1n) is 11.6. The Labute approximate surface area is 188 Å². The molecule has 1 N–H and O–H groups in total. The molecule has 5 rings (SSSR count). The van der Waals surface area contributed by atoms with Gasteiger partial charge in [-0.3, -0.25) is 9.89 Å². The van der Waals surface area contributed by atoms with E-state index < -0.39 is 0 Å². The third kappa shape index (κ3) is 4.38. The Morgan fingerprint density at radius 3 is 2.72 bits per heavy atom.